The molecule has 1 unspecified atom stereocenters. The number of carbonyl (C=O) groups is 2. The second-order valence-corrected chi connectivity index (χ2v) is 11.7. The summed E-state index contributed by atoms with van der Waals surface area (Å²) in [7, 11) is -1.95. The second-order valence-electron chi connectivity index (χ2n) is 7.00. The molecule has 26 heavy (non-hydrogen) atoms. The zero-order valence-corrected chi connectivity index (χ0v) is 16.8. The highest BCUT2D eigenvalue weighted by molar-refractivity contribution is 6.73. The maximum absolute atomic E-state index is 13.2. The fourth-order valence-corrected chi connectivity index (χ4v) is 6.41. The number of hydrogen-bond acceptors (Lipinski definition) is 4. The molecule has 1 spiro atoms. The van der Waals surface area contributed by atoms with E-state index >= 15 is 0 Å². The lowest BCUT2D eigenvalue weighted by molar-refractivity contribution is -0.147. The lowest BCUT2D eigenvalue weighted by Gasteiger charge is -2.34. The standard InChI is InChI=1S/C20H27NO4Si/c1-4-26(5-2,6-3)25-17-12-13-24-20(17)14-18(22)21(19(20)23)15-16-10-8-7-9-11-16/h7-12H,4-6,13-15H2,1-3H3. The Kier molecular flexibility index (Phi) is 5.34. The Hall–Kier alpha value is -1.92. The van der Waals surface area contributed by atoms with Gasteiger partial charge in [0, 0.05) is 0 Å². The number of imide groups is 1. The van der Waals surface area contributed by atoms with E-state index in [0.29, 0.717) is 12.4 Å². The van der Waals surface area contributed by atoms with E-state index in [1.54, 1.807) is 0 Å². The van der Waals surface area contributed by atoms with Gasteiger partial charge in [-0.2, -0.15) is 0 Å². The summed E-state index contributed by atoms with van der Waals surface area (Å²) in [6, 6.07) is 12.5. The van der Waals surface area contributed by atoms with Crippen molar-refractivity contribution in [3.8, 4) is 0 Å². The van der Waals surface area contributed by atoms with Gasteiger partial charge in [0.05, 0.1) is 19.6 Å². The summed E-state index contributed by atoms with van der Waals surface area (Å²) in [5.74, 6) is 0.0805. The first-order valence-corrected chi connectivity index (χ1v) is 12.0. The van der Waals surface area contributed by atoms with Crippen molar-refractivity contribution in [3.63, 3.8) is 0 Å². The predicted molar refractivity (Wildman–Crippen MR) is 102 cm³/mol. The Labute approximate surface area is 156 Å². The minimum atomic E-state index is -1.95. The summed E-state index contributed by atoms with van der Waals surface area (Å²) in [6.45, 7) is 7.02. The highest BCUT2D eigenvalue weighted by Crippen LogP contribution is 2.42. The first-order chi connectivity index (χ1) is 12.5. The molecule has 0 aromatic heterocycles. The third kappa shape index (κ3) is 3.12. The molecule has 1 saturated heterocycles. The van der Waals surface area contributed by atoms with E-state index < -0.39 is 13.9 Å². The Morgan fingerprint density at radius 1 is 1.12 bits per heavy atom. The summed E-state index contributed by atoms with van der Waals surface area (Å²) in [6.07, 6.45) is 1.88. The Bertz CT molecular complexity index is 706. The Balaban J connectivity index is 1.84. The third-order valence-electron chi connectivity index (χ3n) is 5.73. The van der Waals surface area contributed by atoms with Crippen molar-refractivity contribution in [3.05, 3.63) is 47.7 Å². The van der Waals surface area contributed by atoms with Crippen LogP contribution in [0.15, 0.2) is 42.2 Å². The molecule has 0 bridgehead atoms. The van der Waals surface area contributed by atoms with Crippen molar-refractivity contribution in [2.75, 3.05) is 6.61 Å². The van der Waals surface area contributed by atoms with E-state index in [9.17, 15) is 9.59 Å². The Morgan fingerprint density at radius 2 is 1.77 bits per heavy atom. The number of benzene rings is 1. The molecular weight excluding hydrogens is 346 g/mol. The zero-order valence-electron chi connectivity index (χ0n) is 15.8. The number of ether oxygens (including phenoxy) is 1. The largest absolute Gasteiger partial charge is 0.544 e. The van der Waals surface area contributed by atoms with Crippen LogP contribution in [-0.2, 0) is 25.3 Å². The molecule has 5 nitrogen and oxygen atoms in total. The minimum Gasteiger partial charge on any atom is -0.544 e. The molecule has 3 rings (SSSR count). The zero-order chi connectivity index (χ0) is 18.8. The van der Waals surface area contributed by atoms with Crippen LogP contribution in [0.2, 0.25) is 18.1 Å². The van der Waals surface area contributed by atoms with Gasteiger partial charge in [-0.05, 0) is 29.8 Å². The average molecular weight is 374 g/mol. The molecule has 2 heterocycles. The number of hydrogen-bond donors (Lipinski definition) is 0. The highest BCUT2D eigenvalue weighted by atomic mass is 28.4. The van der Waals surface area contributed by atoms with Gasteiger partial charge in [0.2, 0.25) is 19.8 Å². The van der Waals surface area contributed by atoms with Crippen LogP contribution in [0.1, 0.15) is 32.8 Å². The van der Waals surface area contributed by atoms with Gasteiger partial charge < -0.3 is 9.16 Å². The van der Waals surface area contributed by atoms with Gasteiger partial charge >= 0.3 is 0 Å². The quantitative estimate of drug-likeness (QED) is 0.541. The van der Waals surface area contributed by atoms with E-state index in [1.165, 1.54) is 4.90 Å². The van der Waals surface area contributed by atoms with E-state index in [-0.39, 0.29) is 24.8 Å². The van der Waals surface area contributed by atoms with Crippen molar-refractivity contribution >= 4 is 20.1 Å². The molecule has 1 aromatic rings. The van der Waals surface area contributed by atoms with Gasteiger partial charge in [-0.15, -0.1) is 0 Å². The number of amides is 2. The second kappa shape index (κ2) is 7.37. The molecule has 1 fully saturated rings. The van der Waals surface area contributed by atoms with E-state index in [2.05, 4.69) is 20.8 Å². The third-order valence-corrected chi connectivity index (χ3v) is 10.3. The normalized spacial score (nSPS) is 23.0. The molecule has 0 radical (unpaired) electrons. The van der Waals surface area contributed by atoms with Gasteiger partial charge in [0.25, 0.3) is 5.91 Å². The summed E-state index contributed by atoms with van der Waals surface area (Å²) in [4.78, 5) is 27.1. The van der Waals surface area contributed by atoms with E-state index in [0.717, 1.165) is 23.7 Å². The maximum atomic E-state index is 13.2. The molecule has 2 aliphatic heterocycles. The molecule has 6 heteroatoms. The van der Waals surface area contributed by atoms with Gasteiger partial charge in [-0.25, -0.2) is 0 Å². The van der Waals surface area contributed by atoms with Crippen molar-refractivity contribution in [2.45, 2.75) is 57.5 Å². The first kappa shape index (κ1) is 18.9. The summed E-state index contributed by atoms with van der Waals surface area (Å²) in [5.41, 5.74) is -0.320. The lowest BCUT2D eigenvalue weighted by Crippen LogP contribution is -2.46. The van der Waals surface area contributed by atoms with Crippen LogP contribution >= 0.6 is 0 Å². The molecule has 1 atom stereocenters. The molecule has 0 aliphatic carbocycles. The first-order valence-electron chi connectivity index (χ1n) is 9.42. The molecule has 2 aliphatic rings. The van der Waals surface area contributed by atoms with Crippen LogP contribution in [0.5, 0.6) is 0 Å². The van der Waals surface area contributed by atoms with Crippen molar-refractivity contribution in [1.29, 1.82) is 0 Å². The van der Waals surface area contributed by atoms with Crippen molar-refractivity contribution < 1.29 is 18.8 Å². The van der Waals surface area contributed by atoms with Gasteiger partial charge in [-0.1, -0.05) is 51.1 Å². The fourth-order valence-electron chi connectivity index (χ4n) is 3.77. The summed E-state index contributed by atoms with van der Waals surface area (Å²) in [5, 5.41) is 0. The molecule has 0 saturated carbocycles. The molecule has 2 amide bonds. The summed E-state index contributed by atoms with van der Waals surface area (Å²) < 4.78 is 12.3. The van der Waals surface area contributed by atoms with Gasteiger partial charge in [-0.3, -0.25) is 14.5 Å². The lowest BCUT2D eigenvalue weighted by atomic mass is 10.0. The minimum absolute atomic E-state index is 0.0339. The molecule has 140 valence electrons. The van der Waals surface area contributed by atoms with Crippen LogP contribution in [0.3, 0.4) is 0 Å². The topological polar surface area (TPSA) is 55.8 Å². The fraction of sp³-hybridized carbons (Fsp3) is 0.500. The van der Waals surface area contributed by atoms with Crippen LogP contribution in [0.25, 0.3) is 0 Å². The number of likely N-dealkylation sites (tertiary alicyclic amines) is 1. The number of carbonyl (C=O) groups excluding carboxylic acids is 2. The van der Waals surface area contributed by atoms with Gasteiger partial charge in [0.15, 0.2) is 0 Å². The smallest absolute Gasteiger partial charge is 0.270 e. The van der Waals surface area contributed by atoms with Crippen LogP contribution in [-0.4, -0.2) is 37.2 Å². The SMILES string of the molecule is CC[Si](CC)(CC)OC1=CCOC12CC(=O)N(Cc1ccccc1)C2=O. The highest BCUT2D eigenvalue weighted by Gasteiger charge is 2.59. The predicted octanol–water partition coefficient (Wildman–Crippen LogP) is 3.62. The van der Waals surface area contributed by atoms with Crippen LogP contribution < -0.4 is 0 Å². The number of nitrogens with zero attached hydrogens (tertiary/aromatic N) is 1. The maximum Gasteiger partial charge on any atom is 0.270 e. The van der Waals surface area contributed by atoms with Crippen molar-refractivity contribution in [1.82, 2.24) is 4.90 Å². The monoisotopic (exact) mass is 373 g/mol. The molecule has 0 N–H and O–H groups in total. The molecule has 1 aromatic carbocycles. The average Bonchev–Trinajstić information content (AvgIpc) is 3.17. The van der Waals surface area contributed by atoms with E-state index in [1.807, 2.05) is 36.4 Å². The summed E-state index contributed by atoms with van der Waals surface area (Å²) >= 11 is 0. The molecular formula is C20H27NO4Si. The van der Waals surface area contributed by atoms with Gasteiger partial charge in [0.1, 0.15) is 5.76 Å². The van der Waals surface area contributed by atoms with Crippen LogP contribution in [0, 0.1) is 0 Å². The Morgan fingerprint density at radius 3 is 2.38 bits per heavy atom. The van der Waals surface area contributed by atoms with E-state index in [4.69, 9.17) is 9.16 Å². The van der Waals surface area contributed by atoms with Crippen molar-refractivity contribution in [2.24, 2.45) is 0 Å². The number of rotatable bonds is 7. The van der Waals surface area contributed by atoms with Crippen LogP contribution in [0.4, 0.5) is 0 Å².